The fourth-order valence-electron chi connectivity index (χ4n) is 3.29. The van der Waals surface area contributed by atoms with E-state index < -0.39 is 6.04 Å². The predicted octanol–water partition coefficient (Wildman–Crippen LogP) is 2.54. The third-order valence-corrected chi connectivity index (χ3v) is 6.10. The van der Waals surface area contributed by atoms with Crippen LogP contribution in [0.4, 0.5) is 0 Å². The molecule has 1 fully saturated rings. The molecule has 5 nitrogen and oxygen atoms in total. The second-order valence-electron chi connectivity index (χ2n) is 8.15. The van der Waals surface area contributed by atoms with Gasteiger partial charge >= 0.3 is 0 Å². The van der Waals surface area contributed by atoms with Gasteiger partial charge in [-0.25, -0.2) is 0 Å². The summed E-state index contributed by atoms with van der Waals surface area (Å²) in [6, 6.07) is 7.37. The minimum absolute atomic E-state index is 0.0524. The van der Waals surface area contributed by atoms with Crippen LogP contribution in [0, 0.1) is 0 Å². The molecule has 2 N–H and O–H groups in total. The summed E-state index contributed by atoms with van der Waals surface area (Å²) in [5.74, 6) is 1.09. The van der Waals surface area contributed by atoms with Crippen LogP contribution in [0.2, 0.25) is 0 Å². The first-order valence-corrected chi connectivity index (χ1v) is 10.7. The standard InChI is InChI=1S/C21H29N3O2S/c1-21(2,3)17-6-4-16(5-7-17)20(26)24-14-27-13-18(24)19(25)23-12-15-8-10-22-11-9-15/h4-8,18,22H,9-14H2,1-3H3,(H,23,25). The van der Waals surface area contributed by atoms with Crippen molar-refractivity contribution in [1.29, 1.82) is 0 Å². The van der Waals surface area contributed by atoms with Crippen LogP contribution in [0.15, 0.2) is 35.9 Å². The second-order valence-corrected chi connectivity index (χ2v) is 9.15. The Morgan fingerprint density at radius 3 is 2.63 bits per heavy atom. The van der Waals surface area contributed by atoms with Crippen molar-refractivity contribution in [2.24, 2.45) is 0 Å². The van der Waals surface area contributed by atoms with Gasteiger partial charge in [0.1, 0.15) is 6.04 Å². The number of carbonyl (C=O) groups excluding carboxylic acids is 2. The van der Waals surface area contributed by atoms with E-state index in [0.29, 0.717) is 23.7 Å². The predicted molar refractivity (Wildman–Crippen MR) is 111 cm³/mol. The smallest absolute Gasteiger partial charge is 0.255 e. The van der Waals surface area contributed by atoms with E-state index in [2.05, 4.69) is 37.5 Å². The quantitative estimate of drug-likeness (QED) is 0.780. The van der Waals surface area contributed by atoms with Gasteiger partial charge in [-0.15, -0.1) is 11.8 Å². The molecular formula is C21H29N3O2S. The molecule has 146 valence electrons. The van der Waals surface area contributed by atoms with E-state index in [1.807, 2.05) is 24.3 Å². The largest absolute Gasteiger partial charge is 0.351 e. The van der Waals surface area contributed by atoms with Crippen LogP contribution in [-0.4, -0.2) is 54.0 Å². The molecule has 0 saturated carbocycles. The summed E-state index contributed by atoms with van der Waals surface area (Å²) < 4.78 is 0. The average molecular weight is 388 g/mol. The zero-order chi connectivity index (χ0) is 19.4. The minimum Gasteiger partial charge on any atom is -0.351 e. The van der Waals surface area contributed by atoms with Gasteiger partial charge in [0.25, 0.3) is 5.91 Å². The second kappa shape index (κ2) is 8.48. The number of nitrogens with zero attached hydrogens (tertiary/aromatic N) is 1. The molecule has 0 aliphatic carbocycles. The van der Waals surface area contributed by atoms with E-state index >= 15 is 0 Å². The van der Waals surface area contributed by atoms with E-state index in [1.54, 1.807) is 16.7 Å². The topological polar surface area (TPSA) is 61.4 Å². The molecule has 1 saturated heterocycles. The van der Waals surface area contributed by atoms with Crippen molar-refractivity contribution in [3.05, 3.63) is 47.0 Å². The van der Waals surface area contributed by atoms with Crippen molar-refractivity contribution < 1.29 is 9.59 Å². The van der Waals surface area contributed by atoms with Crippen LogP contribution in [0.5, 0.6) is 0 Å². The normalized spacial score (nSPS) is 20.3. The monoisotopic (exact) mass is 387 g/mol. The summed E-state index contributed by atoms with van der Waals surface area (Å²) in [5.41, 5.74) is 3.14. The highest BCUT2D eigenvalue weighted by Crippen LogP contribution is 2.26. The molecule has 1 atom stereocenters. The minimum atomic E-state index is -0.396. The van der Waals surface area contributed by atoms with Crippen molar-refractivity contribution >= 4 is 23.6 Å². The van der Waals surface area contributed by atoms with Crippen molar-refractivity contribution in [1.82, 2.24) is 15.5 Å². The first-order valence-electron chi connectivity index (χ1n) is 9.52. The Hall–Kier alpha value is -1.79. The van der Waals surface area contributed by atoms with Crippen molar-refractivity contribution in [3.63, 3.8) is 0 Å². The van der Waals surface area contributed by atoms with Crippen molar-refractivity contribution in [3.8, 4) is 0 Å². The average Bonchev–Trinajstić information content (AvgIpc) is 3.15. The number of benzene rings is 1. The molecule has 2 amide bonds. The molecule has 0 radical (unpaired) electrons. The number of carbonyl (C=O) groups is 2. The van der Waals surface area contributed by atoms with E-state index in [-0.39, 0.29) is 17.2 Å². The van der Waals surface area contributed by atoms with Crippen LogP contribution >= 0.6 is 11.8 Å². The molecule has 1 aromatic carbocycles. The van der Waals surface area contributed by atoms with Crippen LogP contribution in [-0.2, 0) is 10.2 Å². The van der Waals surface area contributed by atoms with Gasteiger partial charge in [0, 0.05) is 24.4 Å². The molecule has 1 aromatic rings. The maximum atomic E-state index is 12.9. The molecule has 2 aliphatic heterocycles. The van der Waals surface area contributed by atoms with Gasteiger partial charge in [0.15, 0.2) is 0 Å². The Bertz CT molecular complexity index is 722. The van der Waals surface area contributed by atoms with Gasteiger partial charge in [0.05, 0.1) is 5.88 Å². The van der Waals surface area contributed by atoms with E-state index in [1.165, 1.54) is 11.1 Å². The van der Waals surface area contributed by atoms with Crippen LogP contribution in [0.3, 0.4) is 0 Å². The molecule has 2 aliphatic rings. The third-order valence-electron chi connectivity index (χ3n) is 5.09. The molecule has 0 aromatic heterocycles. The lowest BCUT2D eigenvalue weighted by molar-refractivity contribution is -0.124. The summed E-state index contributed by atoms with van der Waals surface area (Å²) >= 11 is 1.63. The Morgan fingerprint density at radius 2 is 2.00 bits per heavy atom. The molecule has 0 spiro atoms. The fourth-order valence-corrected chi connectivity index (χ4v) is 4.44. The first-order chi connectivity index (χ1) is 12.9. The number of nitrogens with one attached hydrogen (secondary N) is 2. The Balaban J connectivity index is 1.63. The van der Waals surface area contributed by atoms with Crippen LogP contribution in [0.25, 0.3) is 0 Å². The number of rotatable bonds is 4. The summed E-state index contributed by atoms with van der Waals surface area (Å²) in [7, 11) is 0. The lowest BCUT2D eigenvalue weighted by Gasteiger charge is -2.24. The molecule has 6 heteroatoms. The van der Waals surface area contributed by atoms with Gasteiger partial charge in [-0.3, -0.25) is 9.59 Å². The summed E-state index contributed by atoms with van der Waals surface area (Å²) in [5, 5.41) is 6.28. The van der Waals surface area contributed by atoms with Gasteiger partial charge in [-0.2, -0.15) is 0 Å². The Labute approximate surface area is 166 Å². The lowest BCUT2D eigenvalue weighted by Crippen LogP contribution is -2.47. The zero-order valence-corrected chi connectivity index (χ0v) is 17.2. The number of hydrogen-bond donors (Lipinski definition) is 2. The Kier molecular flexibility index (Phi) is 6.27. The maximum absolute atomic E-state index is 12.9. The van der Waals surface area contributed by atoms with E-state index in [0.717, 1.165) is 19.5 Å². The molecule has 2 heterocycles. The van der Waals surface area contributed by atoms with E-state index in [9.17, 15) is 9.59 Å². The van der Waals surface area contributed by atoms with E-state index in [4.69, 9.17) is 0 Å². The highest BCUT2D eigenvalue weighted by Gasteiger charge is 2.35. The van der Waals surface area contributed by atoms with Gasteiger partial charge in [-0.05, 0) is 36.1 Å². The molecule has 27 heavy (non-hydrogen) atoms. The van der Waals surface area contributed by atoms with Crippen LogP contribution < -0.4 is 10.6 Å². The number of thioether (sulfide) groups is 1. The van der Waals surface area contributed by atoms with Gasteiger partial charge < -0.3 is 15.5 Å². The maximum Gasteiger partial charge on any atom is 0.255 e. The highest BCUT2D eigenvalue weighted by molar-refractivity contribution is 7.99. The summed E-state index contributed by atoms with van der Waals surface area (Å²) in [6.45, 7) is 8.84. The molecule has 0 bridgehead atoms. The summed E-state index contributed by atoms with van der Waals surface area (Å²) in [4.78, 5) is 27.3. The first kappa shape index (κ1) is 20.0. The van der Waals surface area contributed by atoms with Crippen LogP contribution in [0.1, 0.15) is 43.1 Å². The van der Waals surface area contributed by atoms with Crippen molar-refractivity contribution in [2.75, 3.05) is 31.3 Å². The highest BCUT2D eigenvalue weighted by atomic mass is 32.2. The third kappa shape index (κ3) is 4.93. The fraction of sp³-hybridized carbons (Fsp3) is 0.524. The van der Waals surface area contributed by atoms with Gasteiger partial charge in [-0.1, -0.05) is 44.6 Å². The lowest BCUT2D eigenvalue weighted by atomic mass is 9.86. The zero-order valence-electron chi connectivity index (χ0n) is 16.4. The SMILES string of the molecule is CC(C)(C)c1ccc(C(=O)N2CSCC2C(=O)NCC2=CCNCC2)cc1. The Morgan fingerprint density at radius 1 is 1.26 bits per heavy atom. The molecule has 3 rings (SSSR count). The van der Waals surface area contributed by atoms with Crippen molar-refractivity contribution in [2.45, 2.75) is 38.6 Å². The molecule has 1 unspecified atom stereocenters. The molecular weight excluding hydrogens is 358 g/mol. The summed E-state index contributed by atoms with van der Waals surface area (Å²) in [6.07, 6.45) is 3.09. The van der Waals surface area contributed by atoms with Gasteiger partial charge in [0.2, 0.25) is 5.91 Å². The number of amides is 2. The number of hydrogen-bond acceptors (Lipinski definition) is 4.